The van der Waals surface area contributed by atoms with Crippen molar-refractivity contribution in [2.24, 2.45) is 11.8 Å². The van der Waals surface area contributed by atoms with E-state index in [1.54, 1.807) is 6.07 Å². The van der Waals surface area contributed by atoms with Gasteiger partial charge in [-0.25, -0.2) is 8.42 Å². The zero-order valence-corrected chi connectivity index (χ0v) is 14.3. The van der Waals surface area contributed by atoms with Gasteiger partial charge in [-0.15, -0.1) is 0 Å². The average molecular weight is 331 g/mol. The Balaban J connectivity index is 2.26. The summed E-state index contributed by atoms with van der Waals surface area (Å²) in [5.41, 5.74) is 7.08. The third kappa shape index (κ3) is 3.35. The van der Waals surface area contributed by atoms with Crippen molar-refractivity contribution in [1.29, 1.82) is 0 Å². The Hall–Kier alpha value is -0.780. The minimum Gasteiger partial charge on any atom is -0.398 e. The summed E-state index contributed by atoms with van der Waals surface area (Å²) < 4.78 is 27.0. The van der Waals surface area contributed by atoms with Crippen LogP contribution in [0.5, 0.6) is 0 Å². The summed E-state index contributed by atoms with van der Waals surface area (Å²) in [7, 11) is -3.56. The van der Waals surface area contributed by atoms with Crippen LogP contribution in [0.4, 0.5) is 5.69 Å². The lowest BCUT2D eigenvalue weighted by molar-refractivity contribution is 0.226. The summed E-state index contributed by atoms with van der Waals surface area (Å²) >= 11 is 6.12. The van der Waals surface area contributed by atoms with Crippen molar-refractivity contribution in [3.05, 3.63) is 22.7 Å². The van der Waals surface area contributed by atoms with Crippen molar-refractivity contribution in [2.75, 3.05) is 18.8 Å². The standard InChI is InChI=1S/C15H23ClN2O2S/c1-10(2)12-4-6-18(7-5-12)21(19,20)15-9-14(17)11(3)8-13(15)16/h8-10,12H,4-7,17H2,1-3H3. The van der Waals surface area contributed by atoms with E-state index < -0.39 is 10.0 Å². The van der Waals surface area contributed by atoms with Crippen molar-refractivity contribution < 1.29 is 8.42 Å². The average Bonchev–Trinajstić information content (AvgIpc) is 2.42. The van der Waals surface area contributed by atoms with Crippen LogP contribution in [0.15, 0.2) is 17.0 Å². The molecule has 1 heterocycles. The summed E-state index contributed by atoms with van der Waals surface area (Å²) in [6, 6.07) is 3.09. The van der Waals surface area contributed by atoms with Crippen LogP contribution in [-0.2, 0) is 10.0 Å². The number of halogens is 1. The minimum atomic E-state index is -3.56. The van der Waals surface area contributed by atoms with Crippen LogP contribution >= 0.6 is 11.6 Å². The molecule has 118 valence electrons. The van der Waals surface area contributed by atoms with Crippen molar-refractivity contribution in [1.82, 2.24) is 4.31 Å². The van der Waals surface area contributed by atoms with E-state index in [1.807, 2.05) is 6.92 Å². The molecule has 0 bridgehead atoms. The van der Waals surface area contributed by atoms with E-state index in [0.29, 0.717) is 30.6 Å². The largest absolute Gasteiger partial charge is 0.398 e. The zero-order chi connectivity index (χ0) is 15.8. The van der Waals surface area contributed by atoms with E-state index in [1.165, 1.54) is 10.4 Å². The van der Waals surface area contributed by atoms with Gasteiger partial charge in [0.05, 0.1) is 5.02 Å². The summed E-state index contributed by atoms with van der Waals surface area (Å²) in [6.45, 7) is 7.29. The van der Waals surface area contributed by atoms with E-state index in [-0.39, 0.29) is 9.92 Å². The molecule has 4 nitrogen and oxygen atoms in total. The summed E-state index contributed by atoms with van der Waals surface area (Å²) in [5.74, 6) is 1.18. The highest BCUT2D eigenvalue weighted by Crippen LogP contribution is 2.32. The normalized spacial score (nSPS) is 18.3. The fourth-order valence-electron chi connectivity index (χ4n) is 2.79. The molecule has 0 aromatic heterocycles. The van der Waals surface area contributed by atoms with Gasteiger partial charge in [0.25, 0.3) is 0 Å². The molecule has 2 rings (SSSR count). The van der Waals surface area contributed by atoms with Crippen LogP contribution in [0.3, 0.4) is 0 Å². The van der Waals surface area contributed by atoms with Gasteiger partial charge in [-0.2, -0.15) is 4.31 Å². The third-order valence-electron chi connectivity index (χ3n) is 4.38. The Bertz CT molecular complexity index is 621. The van der Waals surface area contributed by atoms with Gasteiger partial charge in [-0.1, -0.05) is 25.4 Å². The highest BCUT2D eigenvalue weighted by molar-refractivity contribution is 7.89. The summed E-state index contributed by atoms with van der Waals surface area (Å²) in [6.07, 6.45) is 1.80. The molecule has 0 atom stereocenters. The first-order chi connectivity index (χ1) is 9.73. The molecule has 1 aromatic carbocycles. The molecule has 0 aliphatic carbocycles. The number of aryl methyl sites for hydroxylation is 1. The number of nitrogens with two attached hydrogens (primary N) is 1. The highest BCUT2D eigenvalue weighted by atomic mass is 35.5. The smallest absolute Gasteiger partial charge is 0.244 e. The van der Waals surface area contributed by atoms with Crippen LogP contribution in [0, 0.1) is 18.8 Å². The first kappa shape index (κ1) is 16.6. The molecule has 21 heavy (non-hydrogen) atoms. The quantitative estimate of drug-likeness (QED) is 0.865. The maximum Gasteiger partial charge on any atom is 0.244 e. The molecular formula is C15H23ClN2O2S. The molecule has 0 radical (unpaired) electrons. The third-order valence-corrected chi connectivity index (χ3v) is 6.74. The molecule has 0 saturated carbocycles. The number of nitrogen functional groups attached to an aromatic ring is 1. The van der Waals surface area contributed by atoms with E-state index in [0.717, 1.165) is 18.4 Å². The predicted octanol–water partition coefficient (Wildman–Crippen LogP) is 3.29. The van der Waals surface area contributed by atoms with Gasteiger partial charge in [-0.05, 0) is 49.3 Å². The second-order valence-corrected chi connectivity index (χ2v) is 8.44. The highest BCUT2D eigenvalue weighted by Gasteiger charge is 2.31. The SMILES string of the molecule is Cc1cc(Cl)c(S(=O)(=O)N2CCC(C(C)C)CC2)cc1N. The molecule has 1 aromatic rings. The fourth-order valence-corrected chi connectivity index (χ4v) is 4.85. The number of rotatable bonds is 3. The second-order valence-electron chi connectivity index (χ2n) is 6.12. The zero-order valence-electron chi connectivity index (χ0n) is 12.8. The Morgan fingerprint density at radius 2 is 1.86 bits per heavy atom. The number of sulfonamides is 1. The minimum absolute atomic E-state index is 0.121. The van der Waals surface area contributed by atoms with Crippen LogP contribution in [0.1, 0.15) is 32.3 Å². The van der Waals surface area contributed by atoms with Gasteiger partial charge in [0.1, 0.15) is 4.90 Å². The molecular weight excluding hydrogens is 308 g/mol. The van der Waals surface area contributed by atoms with Gasteiger partial charge in [-0.3, -0.25) is 0 Å². The van der Waals surface area contributed by atoms with Gasteiger partial charge in [0, 0.05) is 18.8 Å². The maximum atomic E-state index is 12.7. The van der Waals surface area contributed by atoms with Gasteiger partial charge in [0.2, 0.25) is 10.0 Å². The molecule has 0 amide bonds. The lowest BCUT2D eigenvalue weighted by Crippen LogP contribution is -2.39. The van der Waals surface area contributed by atoms with Crippen LogP contribution < -0.4 is 5.73 Å². The molecule has 6 heteroatoms. The van der Waals surface area contributed by atoms with Gasteiger partial charge < -0.3 is 5.73 Å². The lowest BCUT2D eigenvalue weighted by Gasteiger charge is -2.33. The molecule has 1 aliphatic heterocycles. The van der Waals surface area contributed by atoms with Crippen LogP contribution in [0.2, 0.25) is 5.02 Å². The number of anilines is 1. The maximum absolute atomic E-state index is 12.7. The molecule has 2 N–H and O–H groups in total. The van der Waals surface area contributed by atoms with E-state index >= 15 is 0 Å². The van der Waals surface area contributed by atoms with Crippen LogP contribution in [-0.4, -0.2) is 25.8 Å². The Morgan fingerprint density at radius 3 is 2.38 bits per heavy atom. The molecule has 0 unspecified atom stereocenters. The fraction of sp³-hybridized carbons (Fsp3) is 0.600. The van der Waals surface area contributed by atoms with E-state index in [2.05, 4.69) is 13.8 Å². The number of benzene rings is 1. The lowest BCUT2D eigenvalue weighted by atomic mass is 9.87. The Labute approximate surface area is 132 Å². The first-order valence-electron chi connectivity index (χ1n) is 7.29. The van der Waals surface area contributed by atoms with E-state index in [4.69, 9.17) is 17.3 Å². The number of hydrogen-bond donors (Lipinski definition) is 1. The van der Waals surface area contributed by atoms with E-state index in [9.17, 15) is 8.42 Å². The van der Waals surface area contributed by atoms with Crippen molar-refractivity contribution in [2.45, 2.75) is 38.5 Å². The van der Waals surface area contributed by atoms with Gasteiger partial charge >= 0.3 is 0 Å². The molecule has 1 saturated heterocycles. The predicted molar refractivity (Wildman–Crippen MR) is 86.9 cm³/mol. The monoisotopic (exact) mass is 330 g/mol. The van der Waals surface area contributed by atoms with Crippen LogP contribution in [0.25, 0.3) is 0 Å². The van der Waals surface area contributed by atoms with Gasteiger partial charge in [0.15, 0.2) is 0 Å². The Kier molecular flexibility index (Phi) is 4.85. The number of nitrogens with zero attached hydrogens (tertiary/aromatic N) is 1. The van der Waals surface area contributed by atoms with Crippen molar-refractivity contribution in [3.8, 4) is 0 Å². The first-order valence-corrected chi connectivity index (χ1v) is 9.11. The van der Waals surface area contributed by atoms with Crippen molar-refractivity contribution in [3.63, 3.8) is 0 Å². The molecule has 1 fully saturated rings. The topological polar surface area (TPSA) is 63.4 Å². The Morgan fingerprint density at radius 1 is 1.29 bits per heavy atom. The summed E-state index contributed by atoms with van der Waals surface area (Å²) in [5, 5.41) is 0.243. The number of hydrogen-bond acceptors (Lipinski definition) is 3. The second kappa shape index (κ2) is 6.15. The van der Waals surface area contributed by atoms with Crippen molar-refractivity contribution >= 4 is 27.3 Å². The molecule has 0 spiro atoms. The molecule has 1 aliphatic rings. The number of piperidine rings is 1. The summed E-state index contributed by atoms with van der Waals surface area (Å²) in [4.78, 5) is 0.121.